The van der Waals surface area contributed by atoms with Gasteiger partial charge in [-0.25, -0.2) is 9.37 Å². The number of nitrogens with one attached hydrogen (secondary N) is 2. The minimum absolute atomic E-state index is 0.172. The molecule has 0 saturated carbocycles. The van der Waals surface area contributed by atoms with Gasteiger partial charge in [0.15, 0.2) is 5.82 Å². The zero-order chi connectivity index (χ0) is 23.1. The van der Waals surface area contributed by atoms with Crippen LogP contribution in [0.5, 0.6) is 6.01 Å². The van der Waals surface area contributed by atoms with E-state index in [0.717, 1.165) is 30.6 Å². The maximum absolute atomic E-state index is 14.5. The predicted octanol–water partition coefficient (Wildman–Crippen LogP) is 2.71. The molecular formula is C23H24FN7O2. The van der Waals surface area contributed by atoms with Crippen molar-refractivity contribution in [2.75, 3.05) is 37.5 Å². The number of fused-ring (bicyclic) bond motifs is 2. The van der Waals surface area contributed by atoms with Crippen LogP contribution in [0.1, 0.15) is 16.8 Å². The number of aromatic nitrogens is 4. The van der Waals surface area contributed by atoms with Gasteiger partial charge in [-0.15, -0.1) is 0 Å². The molecule has 1 aliphatic heterocycles. The Morgan fingerprint density at radius 1 is 1.27 bits per heavy atom. The normalized spacial score (nSPS) is 16.0. The van der Waals surface area contributed by atoms with Gasteiger partial charge in [-0.3, -0.25) is 9.48 Å². The van der Waals surface area contributed by atoms with E-state index in [-0.39, 0.29) is 11.5 Å². The lowest BCUT2D eigenvalue weighted by Crippen LogP contribution is -2.29. The van der Waals surface area contributed by atoms with E-state index in [2.05, 4.69) is 30.6 Å². The van der Waals surface area contributed by atoms with Gasteiger partial charge in [-0.1, -0.05) is 0 Å². The molecule has 33 heavy (non-hydrogen) atoms. The van der Waals surface area contributed by atoms with Crippen molar-refractivity contribution in [1.29, 1.82) is 0 Å². The number of carbonyl (C=O) groups excluding carboxylic acids is 1. The van der Waals surface area contributed by atoms with Crippen LogP contribution in [0, 0.1) is 5.82 Å². The van der Waals surface area contributed by atoms with E-state index in [1.165, 1.54) is 17.9 Å². The second-order valence-electron chi connectivity index (χ2n) is 8.12. The topological polar surface area (TPSA) is 97.2 Å². The van der Waals surface area contributed by atoms with Gasteiger partial charge in [-0.05, 0) is 37.7 Å². The van der Waals surface area contributed by atoms with Crippen LogP contribution in [0.25, 0.3) is 21.8 Å². The lowest BCUT2D eigenvalue weighted by molar-refractivity contribution is 0.102. The number of hydrogen-bond donors (Lipinski definition) is 2. The number of methoxy groups -OCH3 is 1. The molecule has 0 bridgehead atoms. The predicted molar refractivity (Wildman–Crippen MR) is 124 cm³/mol. The number of ether oxygens (including phenoxy) is 1. The molecule has 10 heteroatoms. The van der Waals surface area contributed by atoms with E-state index < -0.39 is 11.7 Å². The molecule has 170 valence electrons. The van der Waals surface area contributed by atoms with Crippen LogP contribution in [0.4, 0.5) is 15.8 Å². The van der Waals surface area contributed by atoms with Crippen LogP contribution in [-0.4, -0.2) is 58.9 Å². The van der Waals surface area contributed by atoms with E-state index >= 15 is 0 Å². The number of benzene rings is 2. The van der Waals surface area contributed by atoms with Gasteiger partial charge in [0, 0.05) is 60.7 Å². The lowest BCUT2D eigenvalue weighted by Gasteiger charge is -2.21. The smallest absolute Gasteiger partial charge is 0.316 e. The molecule has 1 amide bonds. The highest BCUT2D eigenvalue weighted by Crippen LogP contribution is 2.32. The summed E-state index contributed by atoms with van der Waals surface area (Å²) in [5.74, 6) is -0.898. The van der Waals surface area contributed by atoms with Gasteiger partial charge in [0.1, 0.15) is 5.52 Å². The third kappa shape index (κ3) is 3.82. The SMILES string of the molecule is CN[C@H]1CCN(c2ccc(C(=O)Nc3cc(F)c4nn(C)cc4c3)c3nc(OC)ncc23)C1. The fourth-order valence-electron chi connectivity index (χ4n) is 4.34. The summed E-state index contributed by atoms with van der Waals surface area (Å²) in [6.45, 7) is 1.75. The molecule has 0 spiro atoms. The Hall–Kier alpha value is -3.79. The summed E-state index contributed by atoms with van der Waals surface area (Å²) in [6, 6.07) is 7.19. The molecule has 2 aromatic carbocycles. The van der Waals surface area contributed by atoms with Crippen LogP contribution in [0.15, 0.2) is 36.7 Å². The van der Waals surface area contributed by atoms with E-state index in [1.54, 1.807) is 31.6 Å². The third-order valence-electron chi connectivity index (χ3n) is 6.00. The van der Waals surface area contributed by atoms with Gasteiger partial charge in [-0.2, -0.15) is 10.1 Å². The van der Waals surface area contributed by atoms with Gasteiger partial charge >= 0.3 is 6.01 Å². The molecule has 1 saturated heterocycles. The number of likely N-dealkylation sites (N-methyl/N-ethyl adjacent to an activating group) is 1. The number of halogens is 1. The molecule has 0 aliphatic carbocycles. The molecule has 5 rings (SSSR count). The van der Waals surface area contributed by atoms with E-state index in [1.807, 2.05) is 13.1 Å². The standard InChI is InChI=1S/C23H24FN7O2/c1-25-14-6-7-31(12-14)19-5-4-16(21-17(19)10-26-23(28-21)33-3)22(32)27-15-8-13-11-30(2)29-20(13)18(24)9-15/h4-5,8-11,14,25H,6-7,12H2,1-3H3,(H,27,32)/t14-/m0/s1. The van der Waals surface area contributed by atoms with Gasteiger partial charge in [0.25, 0.3) is 5.91 Å². The number of aryl methyl sites for hydroxylation is 1. The van der Waals surface area contributed by atoms with Crippen molar-refractivity contribution in [3.8, 4) is 6.01 Å². The highest BCUT2D eigenvalue weighted by atomic mass is 19.1. The minimum atomic E-state index is -0.499. The maximum Gasteiger partial charge on any atom is 0.316 e. The highest BCUT2D eigenvalue weighted by Gasteiger charge is 2.25. The van der Waals surface area contributed by atoms with Crippen molar-refractivity contribution < 1.29 is 13.9 Å². The fourth-order valence-corrected chi connectivity index (χ4v) is 4.34. The van der Waals surface area contributed by atoms with Gasteiger partial charge < -0.3 is 20.3 Å². The van der Waals surface area contributed by atoms with Crippen molar-refractivity contribution in [2.45, 2.75) is 12.5 Å². The summed E-state index contributed by atoms with van der Waals surface area (Å²) < 4.78 is 21.2. The fraction of sp³-hybridized carbons (Fsp3) is 0.304. The zero-order valence-electron chi connectivity index (χ0n) is 18.6. The summed E-state index contributed by atoms with van der Waals surface area (Å²) in [5, 5.41) is 11.6. The molecule has 0 radical (unpaired) electrons. The van der Waals surface area contributed by atoms with Crippen LogP contribution in [0.2, 0.25) is 0 Å². The molecule has 4 aromatic rings. The minimum Gasteiger partial charge on any atom is -0.467 e. The number of nitrogens with zero attached hydrogens (tertiary/aromatic N) is 5. The van der Waals surface area contributed by atoms with Gasteiger partial charge in [0.2, 0.25) is 0 Å². The third-order valence-corrected chi connectivity index (χ3v) is 6.00. The summed E-state index contributed by atoms with van der Waals surface area (Å²) in [5.41, 5.74) is 2.39. The Morgan fingerprint density at radius 2 is 2.12 bits per heavy atom. The summed E-state index contributed by atoms with van der Waals surface area (Å²) >= 11 is 0. The van der Waals surface area contributed by atoms with Crippen molar-refractivity contribution in [2.24, 2.45) is 7.05 Å². The van der Waals surface area contributed by atoms with Crippen molar-refractivity contribution in [3.63, 3.8) is 0 Å². The first-order chi connectivity index (χ1) is 16.0. The molecule has 0 unspecified atom stereocenters. The van der Waals surface area contributed by atoms with E-state index in [0.29, 0.717) is 28.2 Å². The Morgan fingerprint density at radius 3 is 2.88 bits per heavy atom. The molecule has 2 aromatic heterocycles. The van der Waals surface area contributed by atoms with Crippen molar-refractivity contribution in [1.82, 2.24) is 25.1 Å². The van der Waals surface area contributed by atoms with Crippen molar-refractivity contribution in [3.05, 3.63) is 48.0 Å². The Labute approximate surface area is 189 Å². The second-order valence-corrected chi connectivity index (χ2v) is 8.12. The summed E-state index contributed by atoms with van der Waals surface area (Å²) in [4.78, 5) is 24.2. The average Bonchev–Trinajstić information content (AvgIpc) is 3.44. The summed E-state index contributed by atoms with van der Waals surface area (Å²) in [6.07, 6.45) is 4.41. The Bertz CT molecular complexity index is 1370. The molecular weight excluding hydrogens is 425 g/mol. The first-order valence-corrected chi connectivity index (χ1v) is 10.7. The molecule has 1 fully saturated rings. The van der Waals surface area contributed by atoms with Crippen molar-refractivity contribution >= 4 is 39.1 Å². The first kappa shape index (κ1) is 21.1. The van der Waals surface area contributed by atoms with Crippen LogP contribution in [-0.2, 0) is 7.05 Å². The zero-order valence-corrected chi connectivity index (χ0v) is 18.6. The first-order valence-electron chi connectivity index (χ1n) is 10.7. The molecule has 9 nitrogen and oxygen atoms in total. The molecule has 1 aliphatic rings. The maximum atomic E-state index is 14.5. The number of anilines is 2. The van der Waals surface area contributed by atoms with E-state index in [9.17, 15) is 9.18 Å². The monoisotopic (exact) mass is 449 g/mol. The lowest BCUT2D eigenvalue weighted by atomic mass is 10.1. The number of carbonyl (C=O) groups is 1. The van der Waals surface area contributed by atoms with Crippen LogP contribution >= 0.6 is 0 Å². The second kappa shape index (κ2) is 8.28. The highest BCUT2D eigenvalue weighted by molar-refractivity contribution is 6.14. The largest absolute Gasteiger partial charge is 0.467 e. The molecule has 1 atom stereocenters. The van der Waals surface area contributed by atoms with Crippen LogP contribution < -0.4 is 20.3 Å². The Balaban J connectivity index is 1.53. The number of amides is 1. The number of rotatable bonds is 5. The average molecular weight is 449 g/mol. The summed E-state index contributed by atoms with van der Waals surface area (Å²) in [7, 11) is 5.16. The molecule has 3 heterocycles. The quantitative estimate of drug-likeness (QED) is 0.484. The number of hydrogen-bond acceptors (Lipinski definition) is 7. The molecule has 2 N–H and O–H groups in total. The van der Waals surface area contributed by atoms with Crippen LogP contribution in [0.3, 0.4) is 0 Å². The van der Waals surface area contributed by atoms with Gasteiger partial charge in [0.05, 0.1) is 18.2 Å². The van der Waals surface area contributed by atoms with E-state index in [4.69, 9.17) is 4.74 Å². The Kier molecular flexibility index (Phi) is 5.29.